The summed E-state index contributed by atoms with van der Waals surface area (Å²) in [6, 6.07) is 6.04. The summed E-state index contributed by atoms with van der Waals surface area (Å²) in [5.74, 6) is 1.47. The van der Waals surface area contributed by atoms with Crippen molar-refractivity contribution < 1.29 is 9.53 Å². The number of hydrogen-bond donors (Lipinski definition) is 0. The molecule has 1 aliphatic rings. The van der Waals surface area contributed by atoms with E-state index in [9.17, 15) is 4.79 Å². The standard InChI is InChI=1S/C17H24N2O2S/c1-11(2)8-14-10-22-17(19(14)4)18-15-7-6-13(9-12(15)3)16(20)21-5/h6-7,9,11,14H,8,10H2,1-5H3. The van der Waals surface area contributed by atoms with Gasteiger partial charge in [0.25, 0.3) is 0 Å². The predicted octanol–water partition coefficient (Wildman–Crippen LogP) is 3.86. The molecule has 4 nitrogen and oxygen atoms in total. The van der Waals surface area contributed by atoms with E-state index >= 15 is 0 Å². The second kappa shape index (κ2) is 7.18. The quantitative estimate of drug-likeness (QED) is 0.790. The van der Waals surface area contributed by atoms with Crippen LogP contribution < -0.4 is 0 Å². The number of benzene rings is 1. The van der Waals surface area contributed by atoms with Gasteiger partial charge in [-0.2, -0.15) is 0 Å². The Balaban J connectivity index is 2.18. The van der Waals surface area contributed by atoms with Crippen LogP contribution in [-0.2, 0) is 4.74 Å². The fourth-order valence-corrected chi connectivity index (χ4v) is 3.77. The predicted molar refractivity (Wildman–Crippen MR) is 93.1 cm³/mol. The van der Waals surface area contributed by atoms with E-state index < -0.39 is 0 Å². The minimum atomic E-state index is -0.313. The van der Waals surface area contributed by atoms with Gasteiger partial charge in [0.1, 0.15) is 0 Å². The first-order chi connectivity index (χ1) is 10.4. The van der Waals surface area contributed by atoms with Crippen LogP contribution in [0.1, 0.15) is 36.2 Å². The molecule has 0 aromatic heterocycles. The zero-order chi connectivity index (χ0) is 16.3. The molecule has 1 saturated heterocycles. The van der Waals surface area contributed by atoms with Gasteiger partial charge in [-0.05, 0) is 43.0 Å². The van der Waals surface area contributed by atoms with Crippen molar-refractivity contribution in [3.63, 3.8) is 0 Å². The molecule has 1 fully saturated rings. The number of rotatable bonds is 4. The molecule has 0 amide bonds. The molecule has 120 valence electrons. The SMILES string of the molecule is COC(=O)c1ccc(N=C2SCC(CC(C)C)N2C)c(C)c1. The third-order valence-corrected chi connectivity index (χ3v) is 5.02. The summed E-state index contributed by atoms with van der Waals surface area (Å²) in [5, 5.41) is 1.06. The Hall–Kier alpha value is -1.49. The van der Waals surface area contributed by atoms with Crippen LogP contribution in [-0.4, -0.2) is 42.0 Å². The zero-order valence-electron chi connectivity index (χ0n) is 13.9. The van der Waals surface area contributed by atoms with Crippen molar-refractivity contribution in [1.82, 2.24) is 4.90 Å². The minimum Gasteiger partial charge on any atom is -0.465 e. The van der Waals surface area contributed by atoms with E-state index in [2.05, 4.69) is 25.8 Å². The van der Waals surface area contributed by atoms with E-state index in [-0.39, 0.29) is 5.97 Å². The van der Waals surface area contributed by atoms with Crippen LogP contribution in [0.15, 0.2) is 23.2 Å². The fourth-order valence-electron chi connectivity index (χ4n) is 2.55. The van der Waals surface area contributed by atoms with Gasteiger partial charge < -0.3 is 9.64 Å². The molecular formula is C17H24N2O2S. The Labute approximate surface area is 136 Å². The van der Waals surface area contributed by atoms with Gasteiger partial charge in [-0.1, -0.05) is 25.6 Å². The number of ether oxygens (including phenoxy) is 1. The van der Waals surface area contributed by atoms with Crippen LogP contribution >= 0.6 is 11.8 Å². The number of nitrogens with zero attached hydrogens (tertiary/aromatic N) is 2. The first-order valence-electron chi connectivity index (χ1n) is 7.55. The number of carbonyl (C=O) groups excluding carboxylic acids is 1. The van der Waals surface area contributed by atoms with Crippen molar-refractivity contribution >= 4 is 28.6 Å². The molecule has 0 saturated carbocycles. The highest BCUT2D eigenvalue weighted by Gasteiger charge is 2.27. The monoisotopic (exact) mass is 320 g/mol. The van der Waals surface area contributed by atoms with Crippen molar-refractivity contribution in [2.24, 2.45) is 10.9 Å². The molecule has 0 radical (unpaired) electrons. The van der Waals surface area contributed by atoms with Crippen molar-refractivity contribution in [3.8, 4) is 0 Å². The van der Waals surface area contributed by atoms with E-state index in [1.54, 1.807) is 17.8 Å². The van der Waals surface area contributed by atoms with Gasteiger partial charge in [-0.25, -0.2) is 9.79 Å². The Morgan fingerprint density at radius 2 is 2.23 bits per heavy atom. The molecule has 1 aliphatic heterocycles. The molecule has 2 rings (SSSR count). The summed E-state index contributed by atoms with van der Waals surface area (Å²) >= 11 is 1.80. The number of amidine groups is 1. The van der Waals surface area contributed by atoms with Crippen LogP contribution in [0.4, 0.5) is 5.69 Å². The number of esters is 1. The fraction of sp³-hybridized carbons (Fsp3) is 0.529. The average molecular weight is 320 g/mol. The number of carbonyl (C=O) groups is 1. The number of thioether (sulfide) groups is 1. The molecule has 0 bridgehead atoms. The maximum absolute atomic E-state index is 11.5. The van der Waals surface area contributed by atoms with Crippen LogP contribution in [0.5, 0.6) is 0 Å². The Kier molecular flexibility index (Phi) is 5.51. The van der Waals surface area contributed by atoms with Gasteiger partial charge in [0, 0.05) is 18.8 Å². The Morgan fingerprint density at radius 3 is 2.82 bits per heavy atom. The number of methoxy groups -OCH3 is 1. The lowest BCUT2D eigenvalue weighted by molar-refractivity contribution is 0.0600. The number of hydrogen-bond acceptors (Lipinski definition) is 4. The van der Waals surface area contributed by atoms with Gasteiger partial charge >= 0.3 is 5.97 Å². The maximum Gasteiger partial charge on any atom is 0.337 e. The molecule has 0 N–H and O–H groups in total. The minimum absolute atomic E-state index is 0.313. The van der Waals surface area contributed by atoms with Crippen LogP contribution in [0.3, 0.4) is 0 Å². The summed E-state index contributed by atoms with van der Waals surface area (Å²) in [4.78, 5) is 18.6. The molecule has 1 heterocycles. The average Bonchev–Trinajstić information content (AvgIpc) is 2.81. The lowest BCUT2D eigenvalue weighted by Gasteiger charge is -2.22. The van der Waals surface area contributed by atoms with E-state index in [1.165, 1.54) is 13.5 Å². The molecule has 1 unspecified atom stereocenters. The van der Waals surface area contributed by atoms with Crippen molar-refractivity contribution in [2.45, 2.75) is 33.2 Å². The molecule has 0 aliphatic carbocycles. The first-order valence-corrected chi connectivity index (χ1v) is 8.54. The lowest BCUT2D eigenvalue weighted by atomic mass is 10.0. The largest absolute Gasteiger partial charge is 0.465 e. The zero-order valence-corrected chi connectivity index (χ0v) is 14.7. The molecule has 22 heavy (non-hydrogen) atoms. The summed E-state index contributed by atoms with van der Waals surface area (Å²) in [6.07, 6.45) is 1.18. The second-order valence-corrected chi connectivity index (χ2v) is 7.08. The van der Waals surface area contributed by atoms with Crippen molar-refractivity contribution in [3.05, 3.63) is 29.3 Å². The molecule has 1 aromatic rings. The molecule has 1 aromatic carbocycles. The maximum atomic E-state index is 11.5. The number of aryl methyl sites for hydroxylation is 1. The summed E-state index contributed by atoms with van der Waals surface area (Å²) in [6.45, 7) is 6.48. The highest BCUT2D eigenvalue weighted by atomic mass is 32.2. The van der Waals surface area contributed by atoms with Crippen LogP contribution in [0, 0.1) is 12.8 Å². The van der Waals surface area contributed by atoms with Crippen LogP contribution in [0.25, 0.3) is 0 Å². The normalized spacial score (nSPS) is 20.0. The second-order valence-electron chi connectivity index (χ2n) is 6.09. The first kappa shape index (κ1) is 16.9. The highest BCUT2D eigenvalue weighted by Crippen LogP contribution is 2.30. The van der Waals surface area contributed by atoms with Gasteiger partial charge in [0.2, 0.25) is 0 Å². The molecule has 5 heteroatoms. The van der Waals surface area contributed by atoms with E-state index in [0.29, 0.717) is 17.5 Å². The van der Waals surface area contributed by atoms with Gasteiger partial charge in [0.15, 0.2) is 5.17 Å². The third-order valence-electron chi connectivity index (χ3n) is 3.83. The van der Waals surface area contributed by atoms with Gasteiger partial charge in [-0.15, -0.1) is 0 Å². The molecule has 1 atom stereocenters. The Morgan fingerprint density at radius 1 is 1.50 bits per heavy atom. The van der Waals surface area contributed by atoms with Gasteiger partial charge in [0.05, 0.1) is 18.4 Å². The van der Waals surface area contributed by atoms with Gasteiger partial charge in [-0.3, -0.25) is 0 Å². The molecular weight excluding hydrogens is 296 g/mol. The van der Waals surface area contributed by atoms with E-state index in [1.807, 2.05) is 19.1 Å². The Bertz CT molecular complexity index is 584. The van der Waals surface area contributed by atoms with Crippen molar-refractivity contribution in [1.29, 1.82) is 0 Å². The third kappa shape index (κ3) is 3.83. The molecule has 0 spiro atoms. The van der Waals surface area contributed by atoms with E-state index in [4.69, 9.17) is 9.73 Å². The summed E-state index contributed by atoms with van der Waals surface area (Å²) < 4.78 is 4.75. The lowest BCUT2D eigenvalue weighted by Crippen LogP contribution is -2.30. The highest BCUT2D eigenvalue weighted by molar-refractivity contribution is 8.14. The van der Waals surface area contributed by atoms with Crippen LogP contribution in [0.2, 0.25) is 0 Å². The van der Waals surface area contributed by atoms with E-state index in [0.717, 1.165) is 22.2 Å². The number of aliphatic imine (C=N–C) groups is 1. The topological polar surface area (TPSA) is 41.9 Å². The van der Waals surface area contributed by atoms with Crippen molar-refractivity contribution in [2.75, 3.05) is 19.9 Å². The summed E-state index contributed by atoms with van der Waals surface area (Å²) in [7, 11) is 3.51. The summed E-state index contributed by atoms with van der Waals surface area (Å²) in [5.41, 5.74) is 2.46. The smallest absolute Gasteiger partial charge is 0.337 e.